The second-order valence-electron chi connectivity index (χ2n) is 3.78. The highest BCUT2D eigenvalue weighted by molar-refractivity contribution is 6.35. The molecule has 0 aliphatic carbocycles. The molecular weight excluding hydrogens is 278 g/mol. The summed E-state index contributed by atoms with van der Waals surface area (Å²) in [5.41, 5.74) is 2.52. The van der Waals surface area contributed by atoms with E-state index in [1.807, 2.05) is 0 Å². The number of hydrogen-bond donors (Lipinski definition) is 3. The molecule has 8 nitrogen and oxygen atoms in total. The van der Waals surface area contributed by atoms with Crippen molar-refractivity contribution in [2.75, 3.05) is 13.2 Å². The van der Waals surface area contributed by atoms with Crippen molar-refractivity contribution in [1.82, 2.24) is 10.7 Å². The first-order valence-electron chi connectivity index (χ1n) is 6.09. The minimum atomic E-state index is -1.11. The van der Waals surface area contributed by atoms with Crippen LogP contribution in [0.3, 0.4) is 0 Å². The number of carbonyl (C=O) groups excluding carboxylic acids is 2. The molecule has 0 saturated carbocycles. The quantitative estimate of drug-likeness (QED) is 0.379. The predicted octanol–water partition coefficient (Wildman–Crippen LogP) is -0.264. The second-order valence-corrected chi connectivity index (χ2v) is 3.78. The van der Waals surface area contributed by atoms with Crippen LogP contribution in [0.5, 0.6) is 5.75 Å². The number of rotatable bonds is 6. The molecule has 1 rings (SSSR count). The molecule has 0 aromatic heterocycles. The Bertz CT molecular complexity index is 556. The van der Waals surface area contributed by atoms with E-state index in [9.17, 15) is 14.4 Å². The number of hydrazone groups is 1. The molecule has 0 aliphatic heterocycles. The van der Waals surface area contributed by atoms with E-state index in [-0.39, 0.29) is 0 Å². The Labute approximate surface area is 120 Å². The van der Waals surface area contributed by atoms with Gasteiger partial charge < -0.3 is 15.2 Å². The van der Waals surface area contributed by atoms with Gasteiger partial charge in [0.25, 0.3) is 0 Å². The highest BCUT2D eigenvalue weighted by atomic mass is 16.5. The number of hydrogen-bond acceptors (Lipinski definition) is 5. The van der Waals surface area contributed by atoms with Crippen molar-refractivity contribution in [3.63, 3.8) is 0 Å². The molecule has 0 saturated heterocycles. The number of aliphatic carboxylic acids is 1. The van der Waals surface area contributed by atoms with Gasteiger partial charge in [0.15, 0.2) is 6.61 Å². The van der Waals surface area contributed by atoms with Crippen molar-refractivity contribution >= 4 is 24.0 Å². The molecule has 0 aliphatic rings. The maximum Gasteiger partial charge on any atom is 0.341 e. The van der Waals surface area contributed by atoms with Crippen molar-refractivity contribution in [2.24, 2.45) is 5.10 Å². The second kappa shape index (κ2) is 8.31. The van der Waals surface area contributed by atoms with Crippen molar-refractivity contribution in [3.8, 4) is 5.75 Å². The summed E-state index contributed by atoms with van der Waals surface area (Å²) >= 11 is 0. The molecule has 8 heteroatoms. The lowest BCUT2D eigenvalue weighted by Gasteiger charge is -2.06. The summed E-state index contributed by atoms with van der Waals surface area (Å²) < 4.78 is 5.06. The van der Waals surface area contributed by atoms with E-state index in [1.165, 1.54) is 6.21 Å². The lowest BCUT2D eigenvalue weighted by Crippen LogP contribution is -2.37. The van der Waals surface area contributed by atoms with Gasteiger partial charge in [0, 0.05) is 12.1 Å². The summed E-state index contributed by atoms with van der Waals surface area (Å²) in [5, 5.41) is 14.5. The van der Waals surface area contributed by atoms with Crippen molar-refractivity contribution in [1.29, 1.82) is 0 Å². The molecule has 0 heterocycles. The van der Waals surface area contributed by atoms with Crippen molar-refractivity contribution in [2.45, 2.75) is 6.92 Å². The van der Waals surface area contributed by atoms with Crippen LogP contribution in [0.1, 0.15) is 12.5 Å². The Morgan fingerprint density at radius 2 is 2.00 bits per heavy atom. The smallest absolute Gasteiger partial charge is 0.341 e. The molecular formula is C13H15N3O5. The summed E-state index contributed by atoms with van der Waals surface area (Å²) in [6.07, 6.45) is 1.26. The van der Waals surface area contributed by atoms with Crippen LogP contribution >= 0.6 is 0 Å². The molecule has 1 aromatic carbocycles. The van der Waals surface area contributed by atoms with E-state index in [0.717, 1.165) is 0 Å². The van der Waals surface area contributed by atoms with E-state index in [1.54, 1.807) is 31.2 Å². The van der Waals surface area contributed by atoms with Crippen LogP contribution in [0.2, 0.25) is 0 Å². The normalized spacial score (nSPS) is 10.1. The predicted molar refractivity (Wildman–Crippen MR) is 74.0 cm³/mol. The number of para-hydroxylation sites is 1. The number of amides is 2. The van der Waals surface area contributed by atoms with Gasteiger partial charge in [-0.15, -0.1) is 0 Å². The average Bonchev–Trinajstić information content (AvgIpc) is 2.46. The Morgan fingerprint density at radius 3 is 2.67 bits per heavy atom. The van der Waals surface area contributed by atoms with Crippen LogP contribution < -0.4 is 15.5 Å². The molecule has 3 N–H and O–H groups in total. The lowest BCUT2D eigenvalue weighted by atomic mass is 10.2. The molecule has 112 valence electrons. The van der Waals surface area contributed by atoms with Gasteiger partial charge in [0.1, 0.15) is 5.75 Å². The third-order valence-electron chi connectivity index (χ3n) is 2.18. The number of likely N-dealkylation sites (N-methyl/N-ethyl adjacent to an activating group) is 1. The van der Waals surface area contributed by atoms with E-state index < -0.39 is 24.4 Å². The lowest BCUT2D eigenvalue weighted by molar-refractivity contribution is -0.139. The van der Waals surface area contributed by atoms with Gasteiger partial charge in [-0.2, -0.15) is 5.10 Å². The summed E-state index contributed by atoms with van der Waals surface area (Å²) in [7, 11) is 0. The summed E-state index contributed by atoms with van der Waals surface area (Å²) in [6, 6.07) is 6.55. The average molecular weight is 293 g/mol. The fourth-order valence-electron chi connectivity index (χ4n) is 1.31. The third-order valence-corrected chi connectivity index (χ3v) is 2.18. The monoisotopic (exact) mass is 293 g/mol. The van der Waals surface area contributed by atoms with Crippen LogP contribution in [0, 0.1) is 0 Å². The fraction of sp³-hybridized carbons (Fsp3) is 0.231. The molecule has 0 spiro atoms. The largest absolute Gasteiger partial charge is 0.481 e. The van der Waals surface area contributed by atoms with E-state index in [0.29, 0.717) is 17.9 Å². The topological polar surface area (TPSA) is 117 Å². The van der Waals surface area contributed by atoms with Gasteiger partial charge in [-0.05, 0) is 19.1 Å². The molecule has 1 aromatic rings. The molecule has 2 amide bonds. The van der Waals surface area contributed by atoms with Gasteiger partial charge in [0.05, 0.1) is 6.21 Å². The van der Waals surface area contributed by atoms with Crippen molar-refractivity contribution in [3.05, 3.63) is 29.8 Å². The van der Waals surface area contributed by atoms with Gasteiger partial charge >= 0.3 is 17.8 Å². The Hall–Kier alpha value is -2.90. The van der Waals surface area contributed by atoms with Gasteiger partial charge in [0.2, 0.25) is 0 Å². The zero-order valence-electron chi connectivity index (χ0n) is 11.3. The summed E-state index contributed by atoms with van der Waals surface area (Å²) in [5.74, 6) is -2.48. The summed E-state index contributed by atoms with van der Waals surface area (Å²) in [6.45, 7) is 1.53. The van der Waals surface area contributed by atoms with Crippen LogP contribution in [0.15, 0.2) is 29.4 Å². The number of nitrogens with zero attached hydrogens (tertiary/aromatic N) is 1. The zero-order valence-corrected chi connectivity index (χ0v) is 11.3. The highest BCUT2D eigenvalue weighted by Crippen LogP contribution is 2.15. The van der Waals surface area contributed by atoms with E-state index >= 15 is 0 Å². The molecule has 0 bridgehead atoms. The number of nitrogens with one attached hydrogen (secondary N) is 2. The van der Waals surface area contributed by atoms with Gasteiger partial charge in [-0.3, -0.25) is 9.59 Å². The van der Waals surface area contributed by atoms with E-state index in [2.05, 4.69) is 15.8 Å². The molecule has 0 radical (unpaired) electrons. The summed E-state index contributed by atoms with van der Waals surface area (Å²) in [4.78, 5) is 32.9. The van der Waals surface area contributed by atoms with Gasteiger partial charge in [-0.25, -0.2) is 10.2 Å². The minimum absolute atomic E-state index is 0.302. The van der Waals surface area contributed by atoms with Crippen molar-refractivity contribution < 1.29 is 24.2 Å². The Morgan fingerprint density at radius 1 is 1.29 bits per heavy atom. The number of benzene rings is 1. The number of ether oxygens (including phenoxy) is 1. The Kier molecular flexibility index (Phi) is 6.39. The molecule has 21 heavy (non-hydrogen) atoms. The fourth-order valence-corrected chi connectivity index (χ4v) is 1.31. The molecule has 0 unspecified atom stereocenters. The molecule has 0 fully saturated rings. The SMILES string of the molecule is CCNC(=O)C(=O)N/N=C\c1ccccc1OCC(=O)O. The number of carbonyl (C=O) groups is 3. The van der Waals surface area contributed by atoms with Crippen LogP contribution in [-0.2, 0) is 14.4 Å². The maximum absolute atomic E-state index is 11.3. The number of carboxylic acid groups (broad SMARTS) is 1. The first-order chi connectivity index (χ1) is 10.0. The van der Waals surface area contributed by atoms with Gasteiger partial charge in [-0.1, -0.05) is 12.1 Å². The number of carboxylic acids is 1. The van der Waals surface area contributed by atoms with E-state index in [4.69, 9.17) is 9.84 Å². The highest BCUT2D eigenvalue weighted by Gasteiger charge is 2.10. The maximum atomic E-state index is 11.3. The third kappa shape index (κ3) is 5.72. The zero-order chi connectivity index (χ0) is 15.7. The minimum Gasteiger partial charge on any atom is -0.481 e. The van der Waals surface area contributed by atoms with Crippen LogP contribution in [0.4, 0.5) is 0 Å². The first kappa shape index (κ1) is 16.2. The standard InChI is InChI=1S/C13H15N3O5/c1-2-14-12(19)13(20)16-15-7-9-5-3-4-6-10(9)21-8-11(17)18/h3-7H,2,8H2,1H3,(H,14,19)(H,16,20)(H,17,18)/b15-7-. The Balaban J connectivity index is 2.65. The molecule has 0 atom stereocenters. The van der Waals surface area contributed by atoms with Crippen LogP contribution in [0.25, 0.3) is 0 Å². The van der Waals surface area contributed by atoms with Crippen LogP contribution in [-0.4, -0.2) is 42.3 Å². The first-order valence-corrected chi connectivity index (χ1v) is 6.09.